The molecule has 0 fully saturated rings. The van der Waals surface area contributed by atoms with E-state index in [4.69, 9.17) is 8.48 Å². The van der Waals surface area contributed by atoms with Crippen LogP contribution >= 0.6 is 15.9 Å². The fourth-order valence-electron chi connectivity index (χ4n) is 0.926. The van der Waals surface area contributed by atoms with Crippen molar-refractivity contribution in [2.45, 2.75) is 0 Å². The van der Waals surface area contributed by atoms with E-state index in [9.17, 15) is 0 Å². The lowest BCUT2D eigenvalue weighted by Crippen LogP contribution is -1.93. The molecular formula is C8H7BrN4. The summed E-state index contributed by atoms with van der Waals surface area (Å²) in [4.78, 5) is 7.70. The van der Waals surface area contributed by atoms with Gasteiger partial charge in [-0.1, -0.05) is 0 Å². The molecule has 0 radical (unpaired) electrons. The fraction of sp³-hybridized carbons (Fsp3) is 0. The molecule has 0 aromatic carbocycles. The van der Waals surface area contributed by atoms with Crippen molar-refractivity contribution in [3.63, 3.8) is 0 Å². The van der Waals surface area contributed by atoms with E-state index in [2.05, 4.69) is 25.9 Å². The van der Waals surface area contributed by atoms with Gasteiger partial charge in [-0.25, -0.2) is 4.98 Å². The van der Waals surface area contributed by atoms with Crippen LogP contribution in [0.2, 0.25) is 0 Å². The summed E-state index contributed by atoms with van der Waals surface area (Å²) in [6, 6.07) is 1.64. The third-order valence-electron chi connectivity index (χ3n) is 1.46. The zero-order valence-electron chi connectivity index (χ0n) is 8.53. The minimum atomic E-state index is -0.0284. The molecule has 2 aromatic rings. The van der Waals surface area contributed by atoms with Crippen molar-refractivity contribution < 1.29 is 2.74 Å². The molecule has 2 aromatic heterocycles. The third kappa shape index (κ3) is 1.70. The summed E-state index contributed by atoms with van der Waals surface area (Å²) in [5, 5.41) is 0. The molecule has 0 amide bonds. The smallest absolute Gasteiger partial charge is 0.124 e. The zero-order chi connectivity index (χ0) is 11.0. The number of aromatic nitrogens is 3. The Labute approximate surface area is 86.4 Å². The van der Waals surface area contributed by atoms with Crippen LogP contribution in [-0.2, 0) is 0 Å². The summed E-state index contributed by atoms with van der Waals surface area (Å²) in [5.41, 5.74) is 6.61. The van der Waals surface area contributed by atoms with Gasteiger partial charge in [-0.05, 0) is 22.0 Å². The van der Waals surface area contributed by atoms with E-state index in [1.165, 1.54) is 17.0 Å². The highest BCUT2D eigenvalue weighted by Gasteiger charge is 1.98. The molecule has 0 saturated carbocycles. The third-order valence-corrected chi connectivity index (χ3v) is 1.81. The summed E-state index contributed by atoms with van der Waals surface area (Å²) < 4.78 is 16.9. The van der Waals surface area contributed by atoms with Crippen LogP contribution in [0.5, 0.6) is 0 Å². The van der Waals surface area contributed by atoms with Gasteiger partial charge in [0.25, 0.3) is 0 Å². The normalized spacial score (nSPS) is 12.4. The average molecular weight is 241 g/mol. The van der Waals surface area contributed by atoms with Gasteiger partial charge in [0.05, 0.1) is 18.9 Å². The van der Waals surface area contributed by atoms with Gasteiger partial charge >= 0.3 is 0 Å². The maximum Gasteiger partial charge on any atom is 0.124 e. The van der Waals surface area contributed by atoms with Crippen molar-refractivity contribution in [3.8, 4) is 5.69 Å². The van der Waals surface area contributed by atoms with Crippen LogP contribution in [0, 0.1) is 0 Å². The molecule has 0 aliphatic rings. The minimum absolute atomic E-state index is 0.0284. The summed E-state index contributed by atoms with van der Waals surface area (Å²) in [6.07, 6.45) is 3.11. The molecule has 4 nitrogen and oxygen atoms in total. The fourth-order valence-corrected chi connectivity index (χ4v) is 1.18. The van der Waals surface area contributed by atoms with Gasteiger partial charge < -0.3 is 10.3 Å². The summed E-state index contributed by atoms with van der Waals surface area (Å²) in [7, 11) is 0. The second-order valence-corrected chi connectivity index (χ2v) is 3.18. The Morgan fingerprint density at radius 1 is 1.54 bits per heavy atom. The lowest BCUT2D eigenvalue weighted by molar-refractivity contribution is 1.04. The molecule has 0 spiro atoms. The molecule has 0 atom stereocenters. The summed E-state index contributed by atoms with van der Waals surface area (Å²) in [5.74, 6) is 0. The van der Waals surface area contributed by atoms with E-state index in [1.807, 2.05) is 0 Å². The highest BCUT2D eigenvalue weighted by molar-refractivity contribution is 9.10. The van der Waals surface area contributed by atoms with Crippen molar-refractivity contribution in [2.24, 2.45) is 0 Å². The highest BCUT2D eigenvalue weighted by atomic mass is 79.9. The van der Waals surface area contributed by atoms with Gasteiger partial charge in [0, 0.05) is 12.4 Å². The number of rotatable bonds is 1. The van der Waals surface area contributed by atoms with Crippen molar-refractivity contribution in [2.75, 3.05) is 5.73 Å². The Balaban J connectivity index is 2.63. The van der Waals surface area contributed by atoms with E-state index in [0.717, 1.165) is 0 Å². The Hall–Kier alpha value is -1.36. The molecule has 2 rings (SSSR count). The Kier molecular flexibility index (Phi) is 1.50. The first-order valence-electron chi connectivity index (χ1n) is 4.52. The van der Waals surface area contributed by atoms with Gasteiger partial charge in [0.15, 0.2) is 0 Å². The van der Waals surface area contributed by atoms with Crippen molar-refractivity contribution in [3.05, 3.63) is 35.5 Å². The van der Waals surface area contributed by atoms with Gasteiger partial charge in [-0.2, -0.15) is 0 Å². The Bertz CT molecular complexity index is 511. The molecule has 0 saturated heterocycles. The number of nitrogen functional groups attached to an aromatic ring is 1. The molecular weight excluding hydrogens is 232 g/mol. The van der Waals surface area contributed by atoms with Crippen LogP contribution in [0.25, 0.3) is 5.69 Å². The second-order valence-electron chi connectivity index (χ2n) is 2.43. The molecule has 66 valence electrons. The average Bonchev–Trinajstić information content (AvgIpc) is 2.41. The summed E-state index contributed by atoms with van der Waals surface area (Å²) >= 11 is 3.09. The predicted octanol–water partition coefficient (Wildman–Crippen LogP) is 1.61. The number of anilines is 1. The molecule has 0 aliphatic carbocycles. The number of nitrogens with two attached hydrogens (primary N) is 1. The van der Waals surface area contributed by atoms with E-state index < -0.39 is 0 Å². The van der Waals surface area contributed by atoms with Gasteiger partial charge in [-0.3, -0.25) is 4.98 Å². The van der Waals surface area contributed by atoms with Crippen LogP contribution in [0.1, 0.15) is 2.74 Å². The van der Waals surface area contributed by atoms with Crippen molar-refractivity contribution in [1.29, 1.82) is 0 Å². The Morgan fingerprint density at radius 3 is 3.00 bits per heavy atom. The maximum atomic E-state index is 7.69. The minimum Gasteiger partial charge on any atom is -0.397 e. The molecule has 0 bridgehead atoms. The Morgan fingerprint density at radius 2 is 2.38 bits per heavy atom. The van der Waals surface area contributed by atoms with Crippen molar-refractivity contribution >= 4 is 21.6 Å². The number of pyridine rings is 1. The number of imidazole rings is 1. The number of hydrogen-bond donors (Lipinski definition) is 1. The second kappa shape index (κ2) is 3.18. The van der Waals surface area contributed by atoms with Gasteiger partial charge in [0.1, 0.15) is 12.3 Å². The SMILES string of the molecule is [2H]c1nc(Br)c([2H])n1-c1cncc(N)c1. The van der Waals surface area contributed by atoms with Crippen LogP contribution in [0.4, 0.5) is 5.69 Å². The molecule has 13 heavy (non-hydrogen) atoms. The zero-order valence-corrected chi connectivity index (χ0v) is 8.12. The first-order chi connectivity index (χ1) is 7.09. The standard InChI is InChI=1S/C8H7BrN4/c9-8-4-13(5-12-8)7-1-6(10)2-11-3-7/h1-5H,10H2/i4D,5D. The van der Waals surface area contributed by atoms with E-state index in [0.29, 0.717) is 16.0 Å². The van der Waals surface area contributed by atoms with Crippen LogP contribution < -0.4 is 5.73 Å². The first-order valence-corrected chi connectivity index (χ1v) is 4.31. The van der Waals surface area contributed by atoms with Crippen LogP contribution in [0.3, 0.4) is 0 Å². The molecule has 2 heterocycles. The molecule has 5 heteroatoms. The lowest BCUT2D eigenvalue weighted by atomic mass is 10.4. The summed E-state index contributed by atoms with van der Waals surface area (Å²) in [6.45, 7) is 0. The van der Waals surface area contributed by atoms with E-state index >= 15 is 0 Å². The van der Waals surface area contributed by atoms with Crippen LogP contribution in [0.15, 0.2) is 35.5 Å². The number of nitrogens with zero attached hydrogens (tertiary/aromatic N) is 3. The van der Waals surface area contributed by atoms with E-state index in [-0.39, 0.29) is 12.5 Å². The molecule has 2 N–H and O–H groups in total. The monoisotopic (exact) mass is 240 g/mol. The van der Waals surface area contributed by atoms with Gasteiger partial charge in [0.2, 0.25) is 0 Å². The number of hydrogen-bond acceptors (Lipinski definition) is 3. The van der Waals surface area contributed by atoms with Crippen molar-refractivity contribution in [1.82, 2.24) is 14.5 Å². The maximum absolute atomic E-state index is 7.69. The predicted molar refractivity (Wildman–Crippen MR) is 53.5 cm³/mol. The quantitative estimate of drug-likeness (QED) is 0.825. The largest absolute Gasteiger partial charge is 0.397 e. The highest BCUT2D eigenvalue weighted by Crippen LogP contribution is 2.12. The molecule has 0 unspecified atom stereocenters. The van der Waals surface area contributed by atoms with Gasteiger partial charge in [-0.15, -0.1) is 0 Å². The van der Waals surface area contributed by atoms with E-state index in [1.54, 1.807) is 6.07 Å². The number of halogens is 1. The topological polar surface area (TPSA) is 56.7 Å². The molecule has 0 aliphatic heterocycles. The van der Waals surface area contributed by atoms with Crippen LogP contribution in [-0.4, -0.2) is 14.5 Å². The first kappa shape index (κ1) is 6.15. The lowest BCUT2D eigenvalue weighted by Gasteiger charge is -2.00.